The van der Waals surface area contributed by atoms with Crippen LogP contribution in [0, 0.1) is 0 Å². The molecule has 0 fully saturated rings. The van der Waals surface area contributed by atoms with Crippen molar-refractivity contribution in [3.8, 4) is 11.4 Å². The first-order valence-corrected chi connectivity index (χ1v) is 12.3. The summed E-state index contributed by atoms with van der Waals surface area (Å²) >= 11 is 0. The van der Waals surface area contributed by atoms with Gasteiger partial charge < -0.3 is 9.09 Å². The zero-order chi connectivity index (χ0) is 22.0. The van der Waals surface area contributed by atoms with E-state index in [4.69, 9.17) is 4.52 Å². The van der Waals surface area contributed by atoms with Gasteiger partial charge >= 0.3 is 0 Å². The quantitative estimate of drug-likeness (QED) is 0.257. The van der Waals surface area contributed by atoms with Crippen LogP contribution in [-0.4, -0.2) is 4.57 Å². The number of para-hydroxylation sites is 2. The average molecular weight is 443 g/mol. The summed E-state index contributed by atoms with van der Waals surface area (Å²) in [7, 11) is -0.945. The molecule has 0 saturated carbocycles. The molecule has 3 heteroatoms. The molecule has 0 amide bonds. The lowest BCUT2D eigenvalue weighted by Crippen LogP contribution is -2.15. The Morgan fingerprint density at radius 3 is 1.42 bits per heavy atom. The highest BCUT2D eigenvalue weighted by Gasteiger charge is 2.17. The Morgan fingerprint density at radius 1 is 0.455 bits per heavy atom. The van der Waals surface area contributed by atoms with Gasteiger partial charge in [0, 0.05) is 27.1 Å². The van der Waals surface area contributed by atoms with Crippen molar-refractivity contribution in [3.63, 3.8) is 0 Å². The number of hydrogen-bond acceptors (Lipinski definition) is 1. The van der Waals surface area contributed by atoms with Crippen molar-refractivity contribution in [2.24, 2.45) is 0 Å². The molecule has 33 heavy (non-hydrogen) atoms. The van der Waals surface area contributed by atoms with E-state index in [-0.39, 0.29) is 0 Å². The molecule has 6 aromatic rings. The molecular formula is C30H22NOP. The van der Waals surface area contributed by atoms with E-state index in [0.29, 0.717) is 0 Å². The van der Waals surface area contributed by atoms with E-state index < -0.39 is 8.15 Å². The van der Waals surface area contributed by atoms with Crippen LogP contribution in [-0.2, 0) is 0 Å². The molecule has 1 aromatic heterocycles. The van der Waals surface area contributed by atoms with Gasteiger partial charge in [0.2, 0.25) is 0 Å². The van der Waals surface area contributed by atoms with Crippen molar-refractivity contribution in [2.75, 3.05) is 0 Å². The molecule has 0 saturated heterocycles. The van der Waals surface area contributed by atoms with E-state index in [1.807, 2.05) is 12.1 Å². The molecule has 0 atom stereocenters. The highest BCUT2D eigenvalue weighted by molar-refractivity contribution is 7.68. The highest BCUT2D eigenvalue weighted by atomic mass is 31.1. The lowest BCUT2D eigenvalue weighted by molar-refractivity contribution is 0.629. The first-order chi connectivity index (χ1) is 16.4. The molecule has 0 N–H and O–H groups in total. The fourth-order valence-electron chi connectivity index (χ4n) is 4.34. The van der Waals surface area contributed by atoms with Gasteiger partial charge in [-0.2, -0.15) is 0 Å². The first kappa shape index (κ1) is 19.8. The normalized spacial score (nSPS) is 11.3. The van der Waals surface area contributed by atoms with Crippen LogP contribution in [0.1, 0.15) is 0 Å². The third-order valence-electron chi connectivity index (χ3n) is 5.85. The molecule has 0 bridgehead atoms. The van der Waals surface area contributed by atoms with Crippen molar-refractivity contribution in [1.29, 1.82) is 0 Å². The van der Waals surface area contributed by atoms with Gasteiger partial charge in [-0.15, -0.1) is 0 Å². The SMILES string of the molecule is c1ccc(P(Oc2ccc(-n3c4ccccc4c4ccccc43)cc2)c2ccccc2)cc1. The first-order valence-electron chi connectivity index (χ1n) is 11.1. The van der Waals surface area contributed by atoms with Crippen LogP contribution in [0.15, 0.2) is 133 Å². The van der Waals surface area contributed by atoms with Crippen LogP contribution in [0.2, 0.25) is 0 Å². The number of benzene rings is 5. The number of fused-ring (bicyclic) bond motifs is 3. The van der Waals surface area contributed by atoms with E-state index in [1.54, 1.807) is 0 Å². The maximum atomic E-state index is 6.59. The zero-order valence-electron chi connectivity index (χ0n) is 18.0. The average Bonchev–Trinajstić information content (AvgIpc) is 3.23. The van der Waals surface area contributed by atoms with Crippen molar-refractivity contribution in [2.45, 2.75) is 0 Å². The molecule has 2 nitrogen and oxygen atoms in total. The minimum atomic E-state index is -0.945. The summed E-state index contributed by atoms with van der Waals surface area (Å²) in [5.74, 6) is 0.873. The summed E-state index contributed by atoms with van der Waals surface area (Å²) in [6.07, 6.45) is 0. The van der Waals surface area contributed by atoms with Gasteiger partial charge in [0.05, 0.1) is 11.0 Å². The molecule has 1 heterocycles. The van der Waals surface area contributed by atoms with Crippen molar-refractivity contribution in [1.82, 2.24) is 4.57 Å². The highest BCUT2D eigenvalue weighted by Crippen LogP contribution is 2.37. The number of aromatic nitrogens is 1. The minimum absolute atomic E-state index is 0.873. The van der Waals surface area contributed by atoms with Crippen LogP contribution in [0.5, 0.6) is 5.75 Å². The number of hydrogen-bond donors (Lipinski definition) is 0. The maximum absolute atomic E-state index is 6.59. The van der Waals surface area contributed by atoms with Gasteiger partial charge in [-0.3, -0.25) is 0 Å². The van der Waals surface area contributed by atoms with Gasteiger partial charge in [-0.05, 0) is 36.4 Å². The van der Waals surface area contributed by atoms with Gasteiger partial charge in [0.15, 0.2) is 8.15 Å². The Morgan fingerprint density at radius 2 is 0.909 bits per heavy atom. The fourth-order valence-corrected chi connectivity index (χ4v) is 6.07. The monoisotopic (exact) mass is 443 g/mol. The maximum Gasteiger partial charge on any atom is 0.150 e. The molecule has 158 valence electrons. The predicted octanol–water partition coefficient (Wildman–Crippen LogP) is 7.21. The van der Waals surface area contributed by atoms with Crippen LogP contribution < -0.4 is 15.1 Å². The predicted molar refractivity (Wildman–Crippen MR) is 140 cm³/mol. The lowest BCUT2D eigenvalue weighted by atomic mass is 10.2. The molecule has 0 aliphatic carbocycles. The van der Waals surface area contributed by atoms with E-state index in [2.05, 4.69) is 126 Å². The summed E-state index contributed by atoms with van der Waals surface area (Å²) in [6, 6.07) is 46.6. The van der Waals surface area contributed by atoms with Crippen LogP contribution in [0.4, 0.5) is 0 Å². The molecule has 5 aromatic carbocycles. The molecule has 6 rings (SSSR count). The Bertz CT molecular complexity index is 1430. The molecule has 0 aliphatic heterocycles. The van der Waals surface area contributed by atoms with E-state index in [1.165, 1.54) is 32.4 Å². The summed E-state index contributed by atoms with van der Waals surface area (Å²) in [4.78, 5) is 0. The van der Waals surface area contributed by atoms with Gasteiger partial charge in [0.1, 0.15) is 5.75 Å². The summed E-state index contributed by atoms with van der Waals surface area (Å²) < 4.78 is 8.91. The number of nitrogens with zero attached hydrogens (tertiary/aromatic N) is 1. The Hall–Kier alpha value is -3.87. The van der Waals surface area contributed by atoms with E-state index >= 15 is 0 Å². The second-order valence-electron chi connectivity index (χ2n) is 7.92. The fraction of sp³-hybridized carbons (Fsp3) is 0. The van der Waals surface area contributed by atoms with Crippen molar-refractivity contribution < 1.29 is 4.52 Å². The summed E-state index contributed by atoms with van der Waals surface area (Å²) in [5.41, 5.74) is 3.55. The zero-order valence-corrected chi connectivity index (χ0v) is 18.9. The minimum Gasteiger partial charge on any atom is -0.464 e. The van der Waals surface area contributed by atoms with E-state index in [9.17, 15) is 0 Å². The van der Waals surface area contributed by atoms with Crippen molar-refractivity contribution in [3.05, 3.63) is 133 Å². The molecular weight excluding hydrogens is 421 g/mol. The standard InChI is InChI=1S/C30H22NOP/c1-3-11-25(12-4-1)33(26-13-5-2-6-14-26)32-24-21-19-23(20-22-24)31-29-17-9-7-15-27(29)28-16-8-10-18-30(28)31/h1-22H. The topological polar surface area (TPSA) is 14.2 Å². The summed E-state index contributed by atoms with van der Waals surface area (Å²) in [5, 5.41) is 4.94. The second-order valence-corrected chi connectivity index (χ2v) is 9.72. The third kappa shape index (κ3) is 3.69. The Kier molecular flexibility index (Phi) is 5.14. The molecule has 0 spiro atoms. The van der Waals surface area contributed by atoms with E-state index in [0.717, 1.165) is 11.4 Å². The Labute approximate surface area is 194 Å². The van der Waals surface area contributed by atoms with Crippen LogP contribution in [0.3, 0.4) is 0 Å². The largest absolute Gasteiger partial charge is 0.464 e. The number of rotatable bonds is 5. The summed E-state index contributed by atoms with van der Waals surface area (Å²) in [6.45, 7) is 0. The third-order valence-corrected chi connectivity index (χ3v) is 7.78. The Balaban J connectivity index is 1.39. The molecule has 0 aliphatic rings. The second kappa shape index (κ2) is 8.58. The van der Waals surface area contributed by atoms with Crippen molar-refractivity contribution >= 4 is 40.6 Å². The van der Waals surface area contributed by atoms with Crippen LogP contribution >= 0.6 is 8.15 Å². The smallest absolute Gasteiger partial charge is 0.150 e. The molecule has 0 unspecified atom stereocenters. The van der Waals surface area contributed by atoms with Gasteiger partial charge in [0.25, 0.3) is 0 Å². The van der Waals surface area contributed by atoms with Gasteiger partial charge in [-0.1, -0.05) is 97.1 Å². The molecule has 0 radical (unpaired) electrons. The lowest BCUT2D eigenvalue weighted by Gasteiger charge is -2.19. The van der Waals surface area contributed by atoms with Crippen LogP contribution in [0.25, 0.3) is 27.5 Å². The van der Waals surface area contributed by atoms with Gasteiger partial charge in [-0.25, -0.2) is 0 Å².